The topological polar surface area (TPSA) is 84.4 Å². The van der Waals surface area contributed by atoms with Crippen molar-refractivity contribution in [3.05, 3.63) is 32.5 Å². The van der Waals surface area contributed by atoms with Crippen LogP contribution in [0.1, 0.15) is 12.0 Å². The van der Waals surface area contributed by atoms with Crippen LogP contribution in [0.3, 0.4) is 0 Å². The van der Waals surface area contributed by atoms with E-state index in [1.165, 1.54) is 6.92 Å². The van der Waals surface area contributed by atoms with Crippen LogP contribution < -0.4 is 15.0 Å². The normalized spacial score (nSPS) is 13.8. The summed E-state index contributed by atoms with van der Waals surface area (Å²) in [6, 6.07) is 3.50. The number of rotatable bonds is 1. The number of H-pyrrole nitrogens is 1. The van der Waals surface area contributed by atoms with Gasteiger partial charge in [-0.25, -0.2) is 0 Å². The van der Waals surface area contributed by atoms with E-state index in [1.54, 1.807) is 12.1 Å². The lowest BCUT2D eigenvalue weighted by Crippen LogP contribution is -2.12. The molecule has 2 aromatic rings. The second-order valence-corrected chi connectivity index (χ2v) is 5.55. The highest BCUT2D eigenvalue weighted by Crippen LogP contribution is 2.40. The Hall–Kier alpha value is -2.02. The highest BCUT2D eigenvalue weighted by atomic mass is 79.9. The predicted octanol–water partition coefficient (Wildman–Crippen LogP) is 2.37. The molecule has 0 atom stereocenters. The van der Waals surface area contributed by atoms with Crippen molar-refractivity contribution in [2.45, 2.75) is 13.3 Å². The maximum Gasteiger partial charge on any atom is 0.257 e. The van der Waals surface area contributed by atoms with Crippen LogP contribution in [0.2, 0.25) is 0 Å². The lowest BCUT2D eigenvalue weighted by atomic mass is 10.2. The Kier molecular flexibility index (Phi) is 3.59. The van der Waals surface area contributed by atoms with Crippen molar-refractivity contribution in [1.82, 2.24) is 9.97 Å². The third-order valence-corrected chi connectivity index (χ3v) is 3.79. The van der Waals surface area contributed by atoms with Gasteiger partial charge in [-0.3, -0.25) is 4.79 Å². The molecule has 3 rings (SSSR count). The first-order valence-corrected chi connectivity index (χ1v) is 7.25. The maximum atomic E-state index is 11.7. The number of halogens is 1. The quantitative estimate of drug-likeness (QED) is 0.822. The van der Waals surface area contributed by atoms with Gasteiger partial charge in [0.25, 0.3) is 5.56 Å². The van der Waals surface area contributed by atoms with Gasteiger partial charge in [-0.05, 0) is 35.0 Å². The molecule has 2 heterocycles. The standard InChI is InChI=1S/C14H13BrN2O4/c1-7-13(18)16-12(17-14(7)19)8-5-9(15)11-10(6-8)20-3-2-4-21-11/h5-6H,2-4H2,1H3,(H2,16,17,18,19). The first-order chi connectivity index (χ1) is 10.1. The molecule has 0 spiro atoms. The molecule has 0 saturated carbocycles. The molecule has 110 valence electrons. The molecule has 1 aliphatic rings. The summed E-state index contributed by atoms with van der Waals surface area (Å²) < 4.78 is 12.0. The van der Waals surface area contributed by atoms with Gasteiger partial charge in [0.1, 0.15) is 5.82 Å². The molecular weight excluding hydrogens is 340 g/mol. The largest absolute Gasteiger partial charge is 0.493 e. The van der Waals surface area contributed by atoms with Crippen molar-refractivity contribution in [3.8, 4) is 28.8 Å². The SMILES string of the molecule is Cc1c(O)nc(-c2cc(Br)c3c(c2)OCCCO3)[nH]c1=O. The van der Waals surface area contributed by atoms with Crippen molar-refractivity contribution < 1.29 is 14.6 Å². The Morgan fingerprint density at radius 2 is 2.10 bits per heavy atom. The number of hydrogen-bond acceptors (Lipinski definition) is 5. The molecule has 0 bridgehead atoms. The van der Waals surface area contributed by atoms with Crippen molar-refractivity contribution in [2.75, 3.05) is 13.2 Å². The highest BCUT2D eigenvalue weighted by Gasteiger charge is 2.17. The molecule has 0 fully saturated rings. The zero-order valence-corrected chi connectivity index (χ0v) is 12.9. The number of fused-ring (bicyclic) bond motifs is 1. The summed E-state index contributed by atoms with van der Waals surface area (Å²) in [5.74, 6) is 1.21. The summed E-state index contributed by atoms with van der Waals surface area (Å²) in [5, 5.41) is 9.70. The smallest absolute Gasteiger partial charge is 0.257 e. The molecule has 0 unspecified atom stereocenters. The molecule has 21 heavy (non-hydrogen) atoms. The zero-order valence-electron chi connectivity index (χ0n) is 11.3. The van der Waals surface area contributed by atoms with E-state index in [0.717, 1.165) is 6.42 Å². The van der Waals surface area contributed by atoms with E-state index >= 15 is 0 Å². The fraction of sp³-hybridized carbons (Fsp3) is 0.286. The first-order valence-electron chi connectivity index (χ1n) is 6.45. The van der Waals surface area contributed by atoms with Gasteiger partial charge in [-0.15, -0.1) is 0 Å². The van der Waals surface area contributed by atoms with E-state index in [1.807, 2.05) is 0 Å². The second-order valence-electron chi connectivity index (χ2n) is 4.70. The molecule has 2 N–H and O–H groups in total. The summed E-state index contributed by atoms with van der Waals surface area (Å²) in [7, 11) is 0. The maximum absolute atomic E-state index is 11.7. The van der Waals surface area contributed by atoms with Gasteiger partial charge >= 0.3 is 0 Å². The number of aromatic amines is 1. The van der Waals surface area contributed by atoms with E-state index in [4.69, 9.17) is 9.47 Å². The number of aromatic nitrogens is 2. The fourth-order valence-electron chi connectivity index (χ4n) is 2.02. The molecule has 1 aromatic carbocycles. The van der Waals surface area contributed by atoms with Crippen LogP contribution in [0.5, 0.6) is 17.4 Å². The third-order valence-electron chi connectivity index (χ3n) is 3.20. The average molecular weight is 353 g/mol. The zero-order chi connectivity index (χ0) is 15.0. The van der Waals surface area contributed by atoms with E-state index in [9.17, 15) is 9.90 Å². The van der Waals surface area contributed by atoms with E-state index in [0.29, 0.717) is 34.7 Å². The van der Waals surface area contributed by atoms with Gasteiger partial charge < -0.3 is 19.6 Å². The lowest BCUT2D eigenvalue weighted by Gasteiger charge is -2.11. The molecule has 0 radical (unpaired) electrons. The van der Waals surface area contributed by atoms with Crippen molar-refractivity contribution in [1.29, 1.82) is 0 Å². The Bertz CT molecular complexity index is 757. The number of hydrogen-bond donors (Lipinski definition) is 2. The summed E-state index contributed by atoms with van der Waals surface area (Å²) in [6.07, 6.45) is 0.802. The minimum Gasteiger partial charge on any atom is -0.493 e. The fourth-order valence-corrected chi connectivity index (χ4v) is 2.58. The molecule has 1 aromatic heterocycles. The predicted molar refractivity (Wildman–Crippen MR) is 80.0 cm³/mol. The summed E-state index contributed by atoms with van der Waals surface area (Å²) in [6.45, 7) is 2.66. The van der Waals surface area contributed by atoms with E-state index < -0.39 is 0 Å². The second kappa shape index (κ2) is 5.40. The number of ether oxygens (including phenoxy) is 2. The van der Waals surface area contributed by atoms with Gasteiger partial charge in [0, 0.05) is 12.0 Å². The summed E-state index contributed by atoms with van der Waals surface area (Å²) >= 11 is 3.43. The van der Waals surface area contributed by atoms with Crippen molar-refractivity contribution in [2.24, 2.45) is 0 Å². The van der Waals surface area contributed by atoms with Gasteiger partial charge in [-0.1, -0.05) is 0 Å². The monoisotopic (exact) mass is 352 g/mol. The number of nitrogens with one attached hydrogen (secondary N) is 1. The van der Waals surface area contributed by atoms with Crippen LogP contribution in [0.15, 0.2) is 21.4 Å². The van der Waals surface area contributed by atoms with Crippen LogP contribution in [-0.2, 0) is 0 Å². The Morgan fingerprint density at radius 3 is 2.86 bits per heavy atom. The average Bonchev–Trinajstić information content (AvgIpc) is 2.69. The van der Waals surface area contributed by atoms with Gasteiger partial charge in [0.15, 0.2) is 11.5 Å². The highest BCUT2D eigenvalue weighted by molar-refractivity contribution is 9.10. The van der Waals surface area contributed by atoms with Crippen LogP contribution in [-0.4, -0.2) is 28.3 Å². The van der Waals surface area contributed by atoms with Gasteiger partial charge in [0.2, 0.25) is 5.88 Å². The van der Waals surface area contributed by atoms with Crippen LogP contribution >= 0.6 is 15.9 Å². The summed E-state index contributed by atoms with van der Waals surface area (Å²) in [5.41, 5.74) is 0.436. The Morgan fingerprint density at radius 1 is 1.33 bits per heavy atom. The number of benzene rings is 1. The molecule has 1 aliphatic heterocycles. The minimum atomic E-state index is -0.374. The van der Waals surface area contributed by atoms with Crippen LogP contribution in [0, 0.1) is 6.92 Å². The molecule has 0 amide bonds. The molecule has 6 nitrogen and oxygen atoms in total. The summed E-state index contributed by atoms with van der Waals surface area (Å²) in [4.78, 5) is 18.4. The molecule has 0 saturated heterocycles. The van der Waals surface area contributed by atoms with Gasteiger partial charge in [0.05, 0.1) is 23.2 Å². The van der Waals surface area contributed by atoms with Crippen molar-refractivity contribution >= 4 is 15.9 Å². The van der Waals surface area contributed by atoms with E-state index in [-0.39, 0.29) is 22.8 Å². The molecule has 7 heteroatoms. The van der Waals surface area contributed by atoms with Gasteiger partial charge in [-0.2, -0.15) is 4.98 Å². The number of nitrogens with zero attached hydrogens (tertiary/aromatic N) is 1. The minimum absolute atomic E-state index is 0.187. The molecule has 0 aliphatic carbocycles. The first kappa shape index (κ1) is 13.9. The molecular formula is C14H13BrN2O4. The third kappa shape index (κ3) is 2.61. The number of aromatic hydroxyl groups is 1. The Labute approximate surface area is 128 Å². The Balaban J connectivity index is 2.14. The lowest BCUT2D eigenvalue weighted by molar-refractivity contribution is 0.296. The van der Waals surface area contributed by atoms with Crippen LogP contribution in [0.25, 0.3) is 11.4 Å². The van der Waals surface area contributed by atoms with E-state index in [2.05, 4.69) is 25.9 Å². The van der Waals surface area contributed by atoms with Crippen LogP contribution in [0.4, 0.5) is 0 Å². The van der Waals surface area contributed by atoms with Crippen molar-refractivity contribution in [3.63, 3.8) is 0 Å².